The minimum Gasteiger partial charge on any atom is -0.379 e. The Morgan fingerprint density at radius 1 is 0.745 bits per heavy atom. The van der Waals surface area contributed by atoms with Gasteiger partial charge >= 0.3 is 10.1 Å². The first-order valence-electron chi connectivity index (χ1n) is 16.1. The maximum atomic E-state index is 14.1. The molecule has 1 atom stereocenters. The van der Waals surface area contributed by atoms with Crippen LogP contribution < -0.4 is 13.8 Å². The summed E-state index contributed by atoms with van der Waals surface area (Å²) in [5, 5.41) is 2.21. The van der Waals surface area contributed by atoms with Crippen molar-refractivity contribution in [3.05, 3.63) is 133 Å². The lowest BCUT2D eigenvalue weighted by atomic mass is 10.0. The quantitative estimate of drug-likeness (QED) is 0.195. The third-order valence-electron chi connectivity index (χ3n) is 8.79. The van der Waals surface area contributed by atoms with Crippen molar-refractivity contribution in [1.82, 2.24) is 19.6 Å². The highest BCUT2D eigenvalue weighted by molar-refractivity contribution is 7.89. The number of pyridine rings is 2. The van der Waals surface area contributed by atoms with E-state index in [-0.39, 0.29) is 27.8 Å². The third kappa shape index (κ3) is 7.38. The van der Waals surface area contributed by atoms with Crippen molar-refractivity contribution >= 4 is 53.3 Å². The SMILES string of the molecule is O=C([C@H](Cc1ccc(OS(=O)(=O)c2cccc3cnccc23)cc1)NS(=O)(=O)c1cccc2cnccc12)N1CCN(c2ccc(F)cc2)CC1. The molecule has 1 N–H and O–H groups in total. The van der Waals surface area contributed by atoms with E-state index in [0.29, 0.717) is 53.3 Å². The zero-order chi connectivity index (χ0) is 35.6. The molecule has 260 valence electrons. The van der Waals surface area contributed by atoms with Crippen LogP contribution in [-0.4, -0.2) is 69.8 Å². The number of halogens is 1. The number of piperazine rings is 1. The Balaban J connectivity index is 1.13. The number of carbonyl (C=O) groups excluding carboxylic acids is 1. The van der Waals surface area contributed by atoms with E-state index in [4.69, 9.17) is 4.18 Å². The highest BCUT2D eigenvalue weighted by atomic mass is 32.2. The molecule has 2 aromatic heterocycles. The van der Waals surface area contributed by atoms with Gasteiger partial charge in [0, 0.05) is 78.2 Å². The van der Waals surface area contributed by atoms with Crippen molar-refractivity contribution in [2.24, 2.45) is 0 Å². The first-order chi connectivity index (χ1) is 24.6. The van der Waals surface area contributed by atoms with Gasteiger partial charge in [-0.2, -0.15) is 13.1 Å². The van der Waals surface area contributed by atoms with Crippen molar-refractivity contribution in [2.45, 2.75) is 22.3 Å². The Morgan fingerprint density at radius 2 is 1.33 bits per heavy atom. The fraction of sp³-hybridized carbons (Fsp3) is 0.162. The van der Waals surface area contributed by atoms with Gasteiger partial charge < -0.3 is 14.0 Å². The van der Waals surface area contributed by atoms with E-state index in [2.05, 4.69) is 14.7 Å². The molecule has 0 saturated carbocycles. The molecule has 11 nitrogen and oxygen atoms in total. The second-order valence-electron chi connectivity index (χ2n) is 12.1. The highest BCUT2D eigenvalue weighted by Gasteiger charge is 2.32. The topological polar surface area (TPSA) is 139 Å². The predicted molar refractivity (Wildman–Crippen MR) is 191 cm³/mol. The standard InChI is InChI=1S/C37H32FN5O6S2/c38-29-9-11-30(12-10-29)42-19-21-43(22-20-42)37(44)34(41-50(45,46)35-5-1-3-27-24-39-17-15-32(27)35)23-26-7-13-31(14-8-26)49-51(47,48)36-6-2-4-28-25-40-18-16-33(28)36/h1-18,24-25,34,41H,19-23H2/t34-/m0/s1. The zero-order valence-electron chi connectivity index (χ0n) is 27.1. The number of hydrogen-bond donors (Lipinski definition) is 1. The molecular formula is C37H32FN5O6S2. The Morgan fingerprint density at radius 3 is 1.96 bits per heavy atom. The molecule has 1 amide bonds. The number of sulfonamides is 1. The van der Waals surface area contributed by atoms with Crippen molar-refractivity contribution in [2.75, 3.05) is 31.1 Å². The van der Waals surface area contributed by atoms with Crippen molar-refractivity contribution in [1.29, 1.82) is 0 Å². The molecule has 1 saturated heterocycles. The molecule has 0 spiro atoms. The van der Waals surface area contributed by atoms with Crippen LogP contribution in [0.3, 0.4) is 0 Å². The molecule has 0 aliphatic carbocycles. The monoisotopic (exact) mass is 725 g/mol. The summed E-state index contributed by atoms with van der Waals surface area (Å²) >= 11 is 0. The van der Waals surface area contributed by atoms with Crippen LogP contribution in [-0.2, 0) is 31.4 Å². The van der Waals surface area contributed by atoms with Gasteiger partial charge in [0.05, 0.1) is 4.90 Å². The summed E-state index contributed by atoms with van der Waals surface area (Å²) in [4.78, 5) is 25.9. The molecule has 51 heavy (non-hydrogen) atoms. The fourth-order valence-electron chi connectivity index (χ4n) is 6.21. The van der Waals surface area contributed by atoms with Crippen LogP contribution in [0, 0.1) is 5.82 Å². The Bertz CT molecular complexity index is 2430. The summed E-state index contributed by atoms with van der Waals surface area (Å²) in [5.74, 6) is -0.698. The van der Waals surface area contributed by atoms with Crippen molar-refractivity contribution < 1.29 is 30.2 Å². The van der Waals surface area contributed by atoms with E-state index in [1.165, 1.54) is 48.8 Å². The van der Waals surface area contributed by atoms with Crippen LogP contribution >= 0.6 is 0 Å². The Hall–Kier alpha value is -5.44. The second-order valence-corrected chi connectivity index (χ2v) is 15.3. The molecule has 1 aliphatic rings. The number of fused-ring (bicyclic) bond motifs is 2. The normalized spacial score (nSPS) is 14.5. The van der Waals surface area contributed by atoms with Gasteiger partial charge in [0.1, 0.15) is 22.5 Å². The van der Waals surface area contributed by atoms with Gasteiger partial charge in [0.2, 0.25) is 15.9 Å². The molecule has 4 aromatic carbocycles. The van der Waals surface area contributed by atoms with Gasteiger partial charge in [0.25, 0.3) is 0 Å². The lowest BCUT2D eigenvalue weighted by molar-refractivity contribution is -0.133. The summed E-state index contributed by atoms with van der Waals surface area (Å²) in [6.45, 7) is 1.59. The number of benzene rings is 4. The van der Waals surface area contributed by atoms with Crippen LogP contribution in [0.5, 0.6) is 5.75 Å². The molecule has 0 unspecified atom stereocenters. The van der Waals surface area contributed by atoms with Crippen molar-refractivity contribution in [3.8, 4) is 5.75 Å². The minimum absolute atomic E-state index is 0.00436. The largest absolute Gasteiger partial charge is 0.379 e. The van der Waals surface area contributed by atoms with Gasteiger partial charge in [-0.15, -0.1) is 0 Å². The van der Waals surface area contributed by atoms with Crippen molar-refractivity contribution in [3.63, 3.8) is 0 Å². The number of anilines is 1. The molecule has 1 aliphatic heterocycles. The summed E-state index contributed by atoms with van der Waals surface area (Å²) in [5.41, 5.74) is 1.40. The maximum absolute atomic E-state index is 14.1. The summed E-state index contributed by atoms with van der Waals surface area (Å²) in [7, 11) is -8.42. The van der Waals surface area contributed by atoms with Crippen LogP contribution in [0.25, 0.3) is 21.5 Å². The van der Waals surface area contributed by atoms with E-state index < -0.39 is 32.1 Å². The van der Waals surface area contributed by atoms with Gasteiger partial charge in [-0.1, -0.05) is 36.4 Å². The third-order valence-corrected chi connectivity index (χ3v) is 11.6. The summed E-state index contributed by atoms with van der Waals surface area (Å²) in [6, 6.07) is 24.0. The van der Waals surface area contributed by atoms with Gasteiger partial charge in [0.15, 0.2) is 0 Å². The number of carbonyl (C=O) groups is 1. The molecule has 0 bridgehead atoms. The summed E-state index contributed by atoms with van der Waals surface area (Å²) < 4.78 is 75.9. The first kappa shape index (κ1) is 34.0. The Kier molecular flexibility index (Phi) is 9.38. The average Bonchev–Trinajstić information content (AvgIpc) is 3.14. The molecule has 0 radical (unpaired) electrons. The van der Waals surface area contributed by atoms with Crippen LogP contribution in [0.15, 0.2) is 132 Å². The molecule has 3 heterocycles. The molecule has 14 heteroatoms. The molecular weight excluding hydrogens is 694 g/mol. The summed E-state index contributed by atoms with van der Waals surface area (Å²) in [6.07, 6.45) is 6.12. The van der Waals surface area contributed by atoms with E-state index >= 15 is 0 Å². The van der Waals surface area contributed by atoms with E-state index in [1.54, 1.807) is 78.0 Å². The van der Waals surface area contributed by atoms with Crippen LogP contribution in [0.1, 0.15) is 5.56 Å². The minimum atomic E-state index is -4.21. The van der Waals surface area contributed by atoms with E-state index in [1.807, 2.05) is 4.90 Å². The van der Waals surface area contributed by atoms with Gasteiger partial charge in [-0.05, 0) is 72.6 Å². The molecule has 6 aromatic rings. The lowest BCUT2D eigenvalue weighted by Crippen LogP contribution is -2.55. The molecule has 1 fully saturated rings. The van der Waals surface area contributed by atoms with Gasteiger partial charge in [-0.25, -0.2) is 12.8 Å². The highest BCUT2D eigenvalue weighted by Crippen LogP contribution is 2.27. The van der Waals surface area contributed by atoms with E-state index in [0.717, 1.165) is 5.69 Å². The number of hydrogen-bond acceptors (Lipinski definition) is 9. The maximum Gasteiger partial charge on any atom is 0.339 e. The number of rotatable bonds is 10. The number of nitrogens with zero attached hydrogens (tertiary/aromatic N) is 4. The number of aromatic nitrogens is 2. The lowest BCUT2D eigenvalue weighted by Gasteiger charge is -2.37. The second kappa shape index (κ2) is 14.1. The predicted octanol–water partition coefficient (Wildman–Crippen LogP) is 4.93. The zero-order valence-corrected chi connectivity index (χ0v) is 28.7. The van der Waals surface area contributed by atoms with Gasteiger partial charge in [-0.3, -0.25) is 14.8 Å². The average molecular weight is 726 g/mol. The number of nitrogens with one attached hydrogen (secondary N) is 1. The van der Waals surface area contributed by atoms with Crippen LogP contribution in [0.2, 0.25) is 0 Å². The van der Waals surface area contributed by atoms with Crippen LogP contribution in [0.4, 0.5) is 10.1 Å². The Labute approximate surface area is 294 Å². The smallest absolute Gasteiger partial charge is 0.339 e. The number of amides is 1. The van der Waals surface area contributed by atoms with E-state index in [9.17, 15) is 26.0 Å². The fourth-order valence-corrected chi connectivity index (χ4v) is 8.79. The first-order valence-corrected chi connectivity index (χ1v) is 19.0. The molecule has 7 rings (SSSR count).